The number of hydrogen-bond acceptors (Lipinski definition) is 4. The summed E-state index contributed by atoms with van der Waals surface area (Å²) in [6.07, 6.45) is 4.40. The van der Waals surface area contributed by atoms with E-state index in [4.69, 9.17) is 9.84 Å². The Labute approximate surface area is 184 Å². The van der Waals surface area contributed by atoms with E-state index in [1.807, 2.05) is 22.9 Å². The molecule has 31 heavy (non-hydrogen) atoms. The van der Waals surface area contributed by atoms with Crippen LogP contribution >= 0.6 is 0 Å². The summed E-state index contributed by atoms with van der Waals surface area (Å²) in [5.74, 6) is -0.132. The third-order valence-corrected chi connectivity index (χ3v) is 6.31. The van der Waals surface area contributed by atoms with E-state index >= 15 is 0 Å². The molecule has 164 valence electrons. The molecule has 1 aliphatic rings. The number of ether oxygens (including phenoxy) is 1. The molecule has 0 spiro atoms. The SMILES string of the molecule is COc1ccc(-c2nn(-c3ccccc3C)cc2CN(C)C2CCN(C)CC2)cc1F. The van der Waals surface area contributed by atoms with Gasteiger partial charge in [0.25, 0.3) is 0 Å². The van der Waals surface area contributed by atoms with Gasteiger partial charge in [-0.1, -0.05) is 18.2 Å². The van der Waals surface area contributed by atoms with Crippen molar-refractivity contribution in [2.24, 2.45) is 0 Å². The molecule has 0 saturated carbocycles. The topological polar surface area (TPSA) is 33.5 Å². The highest BCUT2D eigenvalue weighted by Gasteiger charge is 2.23. The molecule has 6 heteroatoms. The second-order valence-electron chi connectivity index (χ2n) is 8.53. The lowest BCUT2D eigenvalue weighted by Gasteiger charge is -2.35. The van der Waals surface area contributed by atoms with Crippen LogP contribution in [0, 0.1) is 12.7 Å². The van der Waals surface area contributed by atoms with E-state index in [2.05, 4.69) is 49.1 Å². The Balaban J connectivity index is 1.70. The molecule has 4 rings (SSSR count). The first-order valence-corrected chi connectivity index (χ1v) is 10.8. The predicted octanol–water partition coefficient (Wildman–Crippen LogP) is 4.52. The Bertz CT molecular complexity index is 1040. The van der Waals surface area contributed by atoms with Gasteiger partial charge < -0.3 is 9.64 Å². The molecule has 0 radical (unpaired) electrons. The van der Waals surface area contributed by atoms with Crippen molar-refractivity contribution in [1.82, 2.24) is 19.6 Å². The monoisotopic (exact) mass is 422 g/mol. The van der Waals surface area contributed by atoms with E-state index in [1.165, 1.54) is 13.2 Å². The first-order valence-electron chi connectivity index (χ1n) is 10.8. The van der Waals surface area contributed by atoms with E-state index in [9.17, 15) is 4.39 Å². The van der Waals surface area contributed by atoms with Gasteiger partial charge in [0.1, 0.15) is 0 Å². The van der Waals surface area contributed by atoms with Crippen LogP contribution in [-0.4, -0.2) is 59.9 Å². The second kappa shape index (κ2) is 9.20. The second-order valence-corrected chi connectivity index (χ2v) is 8.53. The summed E-state index contributed by atoms with van der Waals surface area (Å²) in [7, 11) is 5.84. The number of methoxy groups -OCH3 is 1. The zero-order valence-electron chi connectivity index (χ0n) is 18.8. The van der Waals surface area contributed by atoms with Crippen LogP contribution in [0.25, 0.3) is 16.9 Å². The Hall–Kier alpha value is -2.70. The Kier molecular flexibility index (Phi) is 6.39. The minimum Gasteiger partial charge on any atom is -0.494 e. The lowest BCUT2D eigenvalue weighted by molar-refractivity contribution is 0.139. The number of halogens is 1. The number of benzene rings is 2. The van der Waals surface area contributed by atoms with Crippen LogP contribution in [0.3, 0.4) is 0 Å². The Morgan fingerprint density at radius 3 is 2.58 bits per heavy atom. The molecule has 0 atom stereocenters. The minimum atomic E-state index is -0.375. The molecular formula is C25H31FN4O. The van der Waals surface area contributed by atoms with Crippen molar-refractivity contribution in [1.29, 1.82) is 0 Å². The first-order chi connectivity index (χ1) is 15.0. The number of likely N-dealkylation sites (tertiary alicyclic amines) is 1. The van der Waals surface area contributed by atoms with Crippen LogP contribution in [0.2, 0.25) is 0 Å². The van der Waals surface area contributed by atoms with Crippen molar-refractivity contribution in [3.63, 3.8) is 0 Å². The fourth-order valence-corrected chi connectivity index (χ4v) is 4.36. The predicted molar refractivity (Wildman–Crippen MR) is 122 cm³/mol. The van der Waals surface area contributed by atoms with E-state index in [0.29, 0.717) is 6.04 Å². The maximum Gasteiger partial charge on any atom is 0.165 e. The molecule has 1 aromatic heterocycles. The first kappa shape index (κ1) is 21.5. The number of aryl methyl sites for hydroxylation is 1. The standard InChI is InChI=1S/C25H31FN4O/c1-18-7-5-6-8-23(18)30-17-20(16-29(3)21-11-13-28(2)14-12-21)25(27-30)19-9-10-24(31-4)22(26)15-19/h5-10,15,17,21H,11-14,16H2,1-4H3. The molecule has 0 unspecified atom stereocenters. The summed E-state index contributed by atoms with van der Waals surface area (Å²) >= 11 is 0. The molecule has 5 nitrogen and oxygen atoms in total. The Morgan fingerprint density at radius 2 is 1.90 bits per heavy atom. The van der Waals surface area contributed by atoms with E-state index in [0.717, 1.165) is 60.5 Å². The smallest absolute Gasteiger partial charge is 0.165 e. The highest BCUT2D eigenvalue weighted by molar-refractivity contribution is 5.64. The molecule has 1 fully saturated rings. The average molecular weight is 423 g/mol. The summed E-state index contributed by atoms with van der Waals surface area (Å²) in [5.41, 5.74) is 4.84. The number of aromatic nitrogens is 2. The molecular weight excluding hydrogens is 391 g/mol. The van der Waals surface area contributed by atoms with Crippen molar-refractivity contribution in [3.05, 3.63) is 65.6 Å². The number of para-hydroxylation sites is 1. The zero-order chi connectivity index (χ0) is 22.0. The van der Waals surface area contributed by atoms with Gasteiger partial charge in [0.05, 0.1) is 18.5 Å². The van der Waals surface area contributed by atoms with Gasteiger partial charge in [0, 0.05) is 29.9 Å². The largest absolute Gasteiger partial charge is 0.494 e. The molecule has 0 N–H and O–H groups in total. The van der Waals surface area contributed by atoms with Gasteiger partial charge in [0.2, 0.25) is 0 Å². The molecule has 0 amide bonds. The fraction of sp³-hybridized carbons (Fsp3) is 0.400. The van der Waals surface area contributed by atoms with Crippen molar-refractivity contribution in [2.45, 2.75) is 32.4 Å². The molecule has 0 aliphatic carbocycles. The normalized spacial score (nSPS) is 15.5. The third kappa shape index (κ3) is 4.65. The summed E-state index contributed by atoms with van der Waals surface area (Å²) < 4.78 is 21.5. The van der Waals surface area contributed by atoms with E-state index in [-0.39, 0.29) is 11.6 Å². The van der Waals surface area contributed by atoms with Crippen molar-refractivity contribution in [2.75, 3.05) is 34.3 Å². The van der Waals surface area contributed by atoms with Gasteiger partial charge in [-0.25, -0.2) is 9.07 Å². The highest BCUT2D eigenvalue weighted by Crippen LogP contribution is 2.30. The molecule has 1 aliphatic heterocycles. The summed E-state index contributed by atoms with van der Waals surface area (Å²) in [4.78, 5) is 4.79. The molecule has 2 heterocycles. The molecule has 1 saturated heterocycles. The van der Waals surface area contributed by atoms with Crippen LogP contribution in [-0.2, 0) is 6.54 Å². The van der Waals surface area contributed by atoms with Crippen molar-refractivity contribution >= 4 is 0 Å². The molecule has 3 aromatic rings. The summed E-state index contributed by atoms with van der Waals surface area (Å²) in [6, 6.07) is 13.8. The van der Waals surface area contributed by atoms with E-state index < -0.39 is 0 Å². The van der Waals surface area contributed by atoms with Crippen LogP contribution in [0.15, 0.2) is 48.7 Å². The van der Waals surface area contributed by atoms with Gasteiger partial charge in [-0.2, -0.15) is 5.10 Å². The fourth-order valence-electron chi connectivity index (χ4n) is 4.36. The average Bonchev–Trinajstić information content (AvgIpc) is 3.17. The third-order valence-electron chi connectivity index (χ3n) is 6.31. The quantitative estimate of drug-likeness (QED) is 0.585. The van der Waals surface area contributed by atoms with Crippen molar-refractivity contribution < 1.29 is 9.13 Å². The van der Waals surface area contributed by atoms with Crippen LogP contribution in [0.1, 0.15) is 24.0 Å². The molecule has 2 aromatic carbocycles. The number of rotatable bonds is 6. The van der Waals surface area contributed by atoms with Crippen molar-refractivity contribution in [3.8, 4) is 22.7 Å². The van der Waals surface area contributed by atoms with Crippen LogP contribution in [0.5, 0.6) is 5.75 Å². The van der Waals surface area contributed by atoms with Gasteiger partial charge in [-0.3, -0.25) is 4.90 Å². The van der Waals surface area contributed by atoms with Crippen LogP contribution < -0.4 is 4.74 Å². The lowest BCUT2D eigenvalue weighted by atomic mass is 10.0. The zero-order valence-corrected chi connectivity index (χ0v) is 18.8. The van der Waals surface area contributed by atoms with E-state index in [1.54, 1.807) is 6.07 Å². The summed E-state index contributed by atoms with van der Waals surface area (Å²) in [5, 5.41) is 4.89. The number of nitrogens with zero attached hydrogens (tertiary/aromatic N) is 4. The Morgan fingerprint density at radius 1 is 1.16 bits per heavy atom. The van der Waals surface area contributed by atoms with Gasteiger partial charge >= 0.3 is 0 Å². The maximum absolute atomic E-state index is 14.5. The van der Waals surface area contributed by atoms with Gasteiger partial charge in [0.15, 0.2) is 11.6 Å². The van der Waals surface area contributed by atoms with Gasteiger partial charge in [-0.05, 0) is 76.8 Å². The van der Waals surface area contributed by atoms with Crippen LogP contribution in [0.4, 0.5) is 4.39 Å². The number of piperidine rings is 1. The van der Waals surface area contributed by atoms with Gasteiger partial charge in [-0.15, -0.1) is 0 Å². The maximum atomic E-state index is 14.5. The number of hydrogen-bond donors (Lipinski definition) is 0. The highest BCUT2D eigenvalue weighted by atomic mass is 19.1. The minimum absolute atomic E-state index is 0.243. The lowest BCUT2D eigenvalue weighted by Crippen LogP contribution is -2.41. The molecule has 0 bridgehead atoms. The summed E-state index contributed by atoms with van der Waals surface area (Å²) in [6.45, 7) is 5.08.